The van der Waals surface area contributed by atoms with E-state index in [1.165, 1.54) is 11.3 Å². The standard InChI is InChI=1S/C16H21ClN2/c1-6-18-16-13-8-12(17)7-10(4)15(13)19-11(5)14(16)9(2)3/h7-9H,6H2,1-5H3,(H,18,19). The normalized spacial score (nSPS) is 11.3. The van der Waals surface area contributed by atoms with Crippen LogP contribution in [0.4, 0.5) is 5.69 Å². The van der Waals surface area contributed by atoms with Gasteiger partial charge in [-0.25, -0.2) is 0 Å². The second-order valence-corrected chi connectivity index (χ2v) is 5.73. The lowest BCUT2D eigenvalue weighted by molar-refractivity contribution is 0.847. The van der Waals surface area contributed by atoms with Gasteiger partial charge in [-0.15, -0.1) is 0 Å². The quantitative estimate of drug-likeness (QED) is 0.847. The van der Waals surface area contributed by atoms with E-state index < -0.39 is 0 Å². The minimum Gasteiger partial charge on any atom is -0.384 e. The third-order valence-corrected chi connectivity index (χ3v) is 3.62. The van der Waals surface area contributed by atoms with E-state index >= 15 is 0 Å². The van der Waals surface area contributed by atoms with Crippen LogP contribution in [0.3, 0.4) is 0 Å². The lowest BCUT2D eigenvalue weighted by Gasteiger charge is -2.19. The van der Waals surface area contributed by atoms with Crippen molar-refractivity contribution in [3.63, 3.8) is 0 Å². The molecule has 0 aliphatic carbocycles. The first-order valence-electron chi connectivity index (χ1n) is 6.79. The number of aromatic nitrogens is 1. The van der Waals surface area contributed by atoms with Gasteiger partial charge in [0.1, 0.15) is 0 Å². The lowest BCUT2D eigenvalue weighted by Crippen LogP contribution is -2.07. The first kappa shape index (κ1) is 14.1. The van der Waals surface area contributed by atoms with Crippen molar-refractivity contribution in [2.45, 2.75) is 40.5 Å². The van der Waals surface area contributed by atoms with Crippen LogP contribution in [0.25, 0.3) is 10.9 Å². The molecule has 0 saturated carbocycles. The molecule has 1 aromatic heterocycles. The number of anilines is 1. The average Bonchev–Trinajstić information content (AvgIpc) is 2.30. The maximum Gasteiger partial charge on any atom is 0.0756 e. The SMILES string of the molecule is CCNc1c(C(C)C)c(C)nc2c(C)cc(Cl)cc12. The fourth-order valence-corrected chi connectivity index (χ4v) is 2.97. The number of nitrogens with one attached hydrogen (secondary N) is 1. The number of pyridine rings is 1. The molecule has 0 amide bonds. The molecule has 0 saturated heterocycles. The summed E-state index contributed by atoms with van der Waals surface area (Å²) in [5.41, 5.74) is 5.74. The Bertz CT molecular complexity index is 618. The fraction of sp³-hybridized carbons (Fsp3) is 0.438. The molecular weight excluding hydrogens is 256 g/mol. The van der Waals surface area contributed by atoms with Gasteiger partial charge in [-0.3, -0.25) is 4.98 Å². The Kier molecular flexibility index (Phi) is 4.00. The number of hydrogen-bond donors (Lipinski definition) is 1. The van der Waals surface area contributed by atoms with E-state index in [-0.39, 0.29) is 0 Å². The van der Waals surface area contributed by atoms with Crippen LogP contribution in [0.1, 0.15) is 43.5 Å². The van der Waals surface area contributed by atoms with Crippen LogP contribution >= 0.6 is 11.6 Å². The Morgan fingerprint density at radius 2 is 1.95 bits per heavy atom. The van der Waals surface area contributed by atoms with Crippen LogP contribution in [0, 0.1) is 13.8 Å². The predicted molar refractivity (Wildman–Crippen MR) is 84.5 cm³/mol. The number of benzene rings is 1. The van der Waals surface area contributed by atoms with E-state index in [1.807, 2.05) is 12.1 Å². The highest BCUT2D eigenvalue weighted by atomic mass is 35.5. The minimum absolute atomic E-state index is 0.435. The molecule has 102 valence electrons. The molecule has 0 spiro atoms. The average molecular weight is 277 g/mol. The van der Waals surface area contributed by atoms with E-state index in [1.54, 1.807) is 0 Å². The molecule has 0 atom stereocenters. The molecule has 0 unspecified atom stereocenters. The summed E-state index contributed by atoms with van der Waals surface area (Å²) in [7, 11) is 0. The maximum atomic E-state index is 6.21. The van der Waals surface area contributed by atoms with Gasteiger partial charge in [-0.2, -0.15) is 0 Å². The summed E-state index contributed by atoms with van der Waals surface area (Å²) in [6.45, 7) is 11.6. The second kappa shape index (κ2) is 5.38. The van der Waals surface area contributed by atoms with Crippen molar-refractivity contribution in [3.05, 3.63) is 34.0 Å². The Hall–Kier alpha value is -1.28. The zero-order valence-electron chi connectivity index (χ0n) is 12.3. The van der Waals surface area contributed by atoms with Gasteiger partial charge in [0.2, 0.25) is 0 Å². The van der Waals surface area contributed by atoms with Crippen LogP contribution in [0.5, 0.6) is 0 Å². The molecule has 0 radical (unpaired) electrons. The Morgan fingerprint density at radius 3 is 2.53 bits per heavy atom. The highest BCUT2D eigenvalue weighted by molar-refractivity contribution is 6.31. The summed E-state index contributed by atoms with van der Waals surface area (Å²) in [5.74, 6) is 0.435. The molecule has 2 nitrogen and oxygen atoms in total. The van der Waals surface area contributed by atoms with Crippen molar-refractivity contribution in [2.24, 2.45) is 0 Å². The molecule has 2 aromatic rings. The maximum absolute atomic E-state index is 6.21. The van der Waals surface area contributed by atoms with Crippen LogP contribution in [-0.4, -0.2) is 11.5 Å². The van der Waals surface area contributed by atoms with Crippen LogP contribution in [-0.2, 0) is 0 Å². The van der Waals surface area contributed by atoms with E-state index in [2.05, 4.69) is 39.9 Å². The predicted octanol–water partition coefficient (Wildman–Crippen LogP) is 5.06. The number of hydrogen-bond acceptors (Lipinski definition) is 2. The summed E-state index contributed by atoms with van der Waals surface area (Å²) in [6, 6.07) is 3.99. The van der Waals surface area contributed by atoms with Gasteiger partial charge in [0, 0.05) is 28.3 Å². The third-order valence-electron chi connectivity index (χ3n) is 3.40. The number of nitrogens with zero attached hydrogens (tertiary/aromatic N) is 1. The number of rotatable bonds is 3. The van der Waals surface area contributed by atoms with Crippen LogP contribution < -0.4 is 5.32 Å². The van der Waals surface area contributed by atoms with Gasteiger partial charge < -0.3 is 5.32 Å². The number of aryl methyl sites for hydroxylation is 2. The van der Waals surface area contributed by atoms with Crippen molar-refractivity contribution in [2.75, 3.05) is 11.9 Å². The van der Waals surface area contributed by atoms with Gasteiger partial charge in [0.25, 0.3) is 0 Å². The molecule has 2 rings (SSSR count). The first-order valence-corrected chi connectivity index (χ1v) is 7.17. The van der Waals surface area contributed by atoms with Crippen molar-refractivity contribution in [1.29, 1.82) is 0 Å². The molecule has 3 heteroatoms. The lowest BCUT2D eigenvalue weighted by atomic mass is 9.95. The molecule has 0 aliphatic rings. The largest absolute Gasteiger partial charge is 0.384 e. The molecule has 0 bridgehead atoms. The third kappa shape index (κ3) is 2.55. The summed E-state index contributed by atoms with van der Waals surface area (Å²) in [6.07, 6.45) is 0. The summed E-state index contributed by atoms with van der Waals surface area (Å²) < 4.78 is 0. The Morgan fingerprint density at radius 1 is 1.26 bits per heavy atom. The van der Waals surface area contributed by atoms with E-state index in [9.17, 15) is 0 Å². The number of fused-ring (bicyclic) bond motifs is 1. The highest BCUT2D eigenvalue weighted by Crippen LogP contribution is 2.36. The molecule has 0 aliphatic heterocycles. The van der Waals surface area contributed by atoms with E-state index in [0.29, 0.717) is 5.92 Å². The zero-order chi connectivity index (χ0) is 14.2. The Labute approximate surface area is 120 Å². The van der Waals surface area contributed by atoms with E-state index in [0.717, 1.165) is 33.7 Å². The smallest absolute Gasteiger partial charge is 0.0756 e. The Balaban J connectivity index is 2.89. The van der Waals surface area contributed by atoms with Gasteiger partial charge in [0.05, 0.1) is 5.52 Å². The summed E-state index contributed by atoms with van der Waals surface area (Å²) in [4.78, 5) is 4.78. The van der Waals surface area contributed by atoms with Crippen molar-refractivity contribution in [1.82, 2.24) is 4.98 Å². The van der Waals surface area contributed by atoms with Crippen molar-refractivity contribution in [3.8, 4) is 0 Å². The van der Waals surface area contributed by atoms with E-state index in [4.69, 9.17) is 16.6 Å². The van der Waals surface area contributed by atoms with Crippen LogP contribution in [0.2, 0.25) is 5.02 Å². The minimum atomic E-state index is 0.435. The van der Waals surface area contributed by atoms with Crippen LogP contribution in [0.15, 0.2) is 12.1 Å². The fourth-order valence-electron chi connectivity index (χ4n) is 2.70. The highest BCUT2D eigenvalue weighted by Gasteiger charge is 2.16. The molecule has 19 heavy (non-hydrogen) atoms. The van der Waals surface area contributed by atoms with Gasteiger partial charge >= 0.3 is 0 Å². The molecule has 0 fully saturated rings. The molecule has 1 heterocycles. The number of halogens is 1. The van der Waals surface area contributed by atoms with Crippen molar-refractivity contribution >= 4 is 28.2 Å². The molecule has 1 aromatic carbocycles. The van der Waals surface area contributed by atoms with Gasteiger partial charge in [-0.05, 0) is 49.9 Å². The summed E-state index contributed by atoms with van der Waals surface area (Å²) in [5, 5.41) is 5.39. The van der Waals surface area contributed by atoms with Crippen molar-refractivity contribution < 1.29 is 0 Å². The second-order valence-electron chi connectivity index (χ2n) is 5.29. The monoisotopic (exact) mass is 276 g/mol. The summed E-state index contributed by atoms with van der Waals surface area (Å²) >= 11 is 6.21. The topological polar surface area (TPSA) is 24.9 Å². The zero-order valence-corrected chi connectivity index (χ0v) is 13.0. The van der Waals surface area contributed by atoms with Gasteiger partial charge in [0.15, 0.2) is 0 Å². The molecule has 1 N–H and O–H groups in total. The first-order chi connectivity index (χ1) is 8.95. The van der Waals surface area contributed by atoms with Gasteiger partial charge in [-0.1, -0.05) is 25.4 Å². The molecular formula is C16H21ClN2.